The van der Waals surface area contributed by atoms with E-state index in [-0.39, 0.29) is 0 Å². The van der Waals surface area contributed by atoms with Crippen LogP contribution >= 0.6 is 0 Å². The number of benzene rings is 1. The summed E-state index contributed by atoms with van der Waals surface area (Å²) in [6.45, 7) is 6.99. The first kappa shape index (κ1) is 11.6. The number of hydrogen-bond donors (Lipinski definition) is 2. The van der Waals surface area contributed by atoms with Crippen LogP contribution in [0, 0.1) is 0 Å². The quantitative estimate of drug-likeness (QED) is 0.852. The van der Waals surface area contributed by atoms with E-state index in [4.69, 9.17) is 0 Å². The van der Waals surface area contributed by atoms with Crippen LogP contribution in [-0.4, -0.2) is 16.2 Å². The standard InChI is InChI=1S/C15H20N2O/c1-3-10-7-11(4-2)14-12(8-10)13-9-16-5-6-17(13)15(14)18/h7-8,16,18H,3-6,9H2,1-2H3. The van der Waals surface area contributed by atoms with Gasteiger partial charge in [0.2, 0.25) is 0 Å². The first-order valence-corrected chi connectivity index (χ1v) is 6.82. The summed E-state index contributed by atoms with van der Waals surface area (Å²) in [6, 6.07) is 4.48. The van der Waals surface area contributed by atoms with Gasteiger partial charge in [-0.15, -0.1) is 0 Å². The largest absolute Gasteiger partial charge is 0.494 e. The van der Waals surface area contributed by atoms with Crippen molar-refractivity contribution in [2.75, 3.05) is 6.54 Å². The Hall–Kier alpha value is -1.48. The maximum atomic E-state index is 10.4. The summed E-state index contributed by atoms with van der Waals surface area (Å²) in [5.41, 5.74) is 3.86. The second-order valence-electron chi connectivity index (χ2n) is 4.98. The number of nitrogens with zero attached hydrogens (tertiary/aromatic N) is 1. The molecule has 1 aliphatic heterocycles. The Labute approximate surface area is 107 Å². The molecule has 0 radical (unpaired) electrons. The van der Waals surface area contributed by atoms with E-state index in [0.717, 1.165) is 37.9 Å². The van der Waals surface area contributed by atoms with Crippen molar-refractivity contribution < 1.29 is 5.11 Å². The summed E-state index contributed by atoms with van der Waals surface area (Å²) >= 11 is 0. The van der Waals surface area contributed by atoms with Gasteiger partial charge in [-0.2, -0.15) is 0 Å². The van der Waals surface area contributed by atoms with E-state index in [1.807, 2.05) is 0 Å². The zero-order valence-electron chi connectivity index (χ0n) is 11.1. The lowest BCUT2D eigenvalue weighted by molar-refractivity contribution is 0.396. The first-order valence-electron chi connectivity index (χ1n) is 6.82. The Morgan fingerprint density at radius 1 is 1.28 bits per heavy atom. The number of aromatic nitrogens is 1. The highest BCUT2D eigenvalue weighted by atomic mass is 16.3. The van der Waals surface area contributed by atoms with Crippen molar-refractivity contribution >= 4 is 10.8 Å². The first-order chi connectivity index (χ1) is 8.76. The summed E-state index contributed by atoms with van der Waals surface area (Å²) in [7, 11) is 0. The molecule has 3 nitrogen and oxygen atoms in total. The van der Waals surface area contributed by atoms with E-state index in [1.54, 1.807) is 0 Å². The van der Waals surface area contributed by atoms with E-state index in [2.05, 4.69) is 35.9 Å². The fourth-order valence-electron chi connectivity index (χ4n) is 2.98. The molecule has 1 aliphatic rings. The fraction of sp³-hybridized carbons (Fsp3) is 0.467. The molecular weight excluding hydrogens is 224 g/mol. The highest BCUT2D eigenvalue weighted by Gasteiger charge is 2.21. The van der Waals surface area contributed by atoms with E-state index in [9.17, 15) is 5.11 Å². The molecule has 1 aromatic carbocycles. The minimum absolute atomic E-state index is 0.459. The molecule has 2 N–H and O–H groups in total. The second kappa shape index (κ2) is 4.32. The van der Waals surface area contributed by atoms with Crippen LogP contribution in [0.5, 0.6) is 5.88 Å². The van der Waals surface area contributed by atoms with Crippen LogP contribution < -0.4 is 5.32 Å². The van der Waals surface area contributed by atoms with Crippen LogP contribution in [0.15, 0.2) is 12.1 Å². The summed E-state index contributed by atoms with van der Waals surface area (Å²) in [6.07, 6.45) is 2.01. The van der Waals surface area contributed by atoms with Gasteiger partial charge in [0, 0.05) is 36.1 Å². The summed E-state index contributed by atoms with van der Waals surface area (Å²) < 4.78 is 2.07. The summed E-state index contributed by atoms with van der Waals surface area (Å²) in [5.74, 6) is 0.459. The Morgan fingerprint density at radius 3 is 2.83 bits per heavy atom. The molecule has 0 spiro atoms. The van der Waals surface area contributed by atoms with Gasteiger partial charge < -0.3 is 15.0 Å². The van der Waals surface area contributed by atoms with Gasteiger partial charge in [-0.1, -0.05) is 19.9 Å². The van der Waals surface area contributed by atoms with Crippen molar-refractivity contribution in [3.8, 4) is 5.88 Å². The van der Waals surface area contributed by atoms with Gasteiger partial charge in [0.25, 0.3) is 0 Å². The maximum Gasteiger partial charge on any atom is 0.199 e. The Morgan fingerprint density at radius 2 is 2.11 bits per heavy atom. The highest BCUT2D eigenvalue weighted by molar-refractivity contribution is 5.94. The molecule has 0 saturated heterocycles. The van der Waals surface area contributed by atoms with E-state index < -0.39 is 0 Å². The number of hydrogen-bond acceptors (Lipinski definition) is 2. The molecule has 0 aliphatic carbocycles. The third kappa shape index (κ3) is 1.54. The van der Waals surface area contributed by atoms with Gasteiger partial charge in [0.15, 0.2) is 5.88 Å². The highest BCUT2D eigenvalue weighted by Crippen LogP contribution is 2.36. The van der Waals surface area contributed by atoms with Crippen molar-refractivity contribution in [3.05, 3.63) is 29.0 Å². The van der Waals surface area contributed by atoms with Crippen LogP contribution in [0.2, 0.25) is 0 Å². The van der Waals surface area contributed by atoms with Crippen molar-refractivity contribution in [2.45, 2.75) is 39.8 Å². The van der Waals surface area contributed by atoms with Crippen LogP contribution in [-0.2, 0) is 25.9 Å². The molecule has 0 bridgehead atoms. The van der Waals surface area contributed by atoms with Crippen LogP contribution in [0.4, 0.5) is 0 Å². The Kier molecular flexibility index (Phi) is 2.78. The van der Waals surface area contributed by atoms with Crippen LogP contribution in [0.25, 0.3) is 10.8 Å². The van der Waals surface area contributed by atoms with Gasteiger partial charge in [0.1, 0.15) is 0 Å². The predicted molar refractivity (Wildman–Crippen MR) is 74.1 cm³/mol. The lowest BCUT2D eigenvalue weighted by Gasteiger charge is -2.17. The summed E-state index contributed by atoms with van der Waals surface area (Å²) in [4.78, 5) is 0. The van der Waals surface area contributed by atoms with Crippen LogP contribution in [0.1, 0.15) is 30.7 Å². The molecule has 1 aromatic heterocycles. The average Bonchev–Trinajstić information content (AvgIpc) is 2.72. The number of aryl methyl sites for hydroxylation is 2. The molecule has 0 unspecified atom stereocenters. The number of fused-ring (bicyclic) bond motifs is 3. The molecule has 2 heterocycles. The lowest BCUT2D eigenvalue weighted by atomic mass is 9.99. The molecule has 3 heteroatoms. The van der Waals surface area contributed by atoms with Crippen molar-refractivity contribution in [1.82, 2.24) is 9.88 Å². The second-order valence-corrected chi connectivity index (χ2v) is 4.98. The number of rotatable bonds is 2. The molecule has 0 atom stereocenters. The summed E-state index contributed by atoms with van der Waals surface area (Å²) in [5, 5.41) is 16.1. The monoisotopic (exact) mass is 244 g/mol. The van der Waals surface area contributed by atoms with Crippen molar-refractivity contribution in [1.29, 1.82) is 0 Å². The van der Waals surface area contributed by atoms with Gasteiger partial charge in [-0.25, -0.2) is 0 Å². The van der Waals surface area contributed by atoms with E-state index >= 15 is 0 Å². The molecule has 0 amide bonds. The average molecular weight is 244 g/mol. The third-order valence-corrected chi connectivity index (χ3v) is 3.99. The normalized spacial score (nSPS) is 15.0. The zero-order valence-corrected chi connectivity index (χ0v) is 11.1. The van der Waals surface area contributed by atoms with Gasteiger partial charge >= 0.3 is 0 Å². The number of aromatic hydroxyl groups is 1. The predicted octanol–water partition coefficient (Wildman–Crippen LogP) is 2.57. The minimum Gasteiger partial charge on any atom is -0.494 e. The van der Waals surface area contributed by atoms with Gasteiger partial charge in [-0.05, 0) is 30.0 Å². The SMILES string of the molecule is CCc1cc(CC)c2c(O)n3c(c2c1)CNCC3. The van der Waals surface area contributed by atoms with E-state index in [1.165, 1.54) is 22.2 Å². The molecule has 3 rings (SSSR count). The van der Waals surface area contributed by atoms with Gasteiger partial charge in [-0.3, -0.25) is 0 Å². The number of nitrogens with one attached hydrogen (secondary N) is 1. The Bertz CT molecular complexity index is 598. The van der Waals surface area contributed by atoms with Crippen molar-refractivity contribution in [2.24, 2.45) is 0 Å². The lowest BCUT2D eigenvalue weighted by Crippen LogP contribution is -2.27. The molecular formula is C15H20N2O. The molecule has 0 fully saturated rings. The molecule has 2 aromatic rings. The van der Waals surface area contributed by atoms with Gasteiger partial charge in [0.05, 0.1) is 0 Å². The smallest absolute Gasteiger partial charge is 0.199 e. The molecule has 96 valence electrons. The molecule has 18 heavy (non-hydrogen) atoms. The maximum absolute atomic E-state index is 10.4. The fourth-order valence-corrected chi connectivity index (χ4v) is 2.98. The third-order valence-electron chi connectivity index (χ3n) is 3.99. The Balaban J connectivity index is 2.37. The van der Waals surface area contributed by atoms with Crippen molar-refractivity contribution in [3.63, 3.8) is 0 Å². The van der Waals surface area contributed by atoms with Crippen LogP contribution in [0.3, 0.4) is 0 Å². The minimum atomic E-state index is 0.459. The topological polar surface area (TPSA) is 37.2 Å². The van der Waals surface area contributed by atoms with E-state index in [0.29, 0.717) is 5.88 Å². The zero-order chi connectivity index (χ0) is 12.7. The molecule has 0 saturated carbocycles.